The molecule has 1 atom stereocenters. The number of carbonyl (C=O) groups excluding carboxylic acids is 1. The molecular formula is C19H16O6. The van der Waals surface area contributed by atoms with Gasteiger partial charge in [0.05, 0.1) is 12.7 Å². The number of hydrogen-bond donors (Lipinski definition) is 1. The summed E-state index contributed by atoms with van der Waals surface area (Å²) in [6, 6.07) is 11.8. The van der Waals surface area contributed by atoms with Gasteiger partial charge < -0.3 is 19.3 Å². The Balaban J connectivity index is 1.82. The average molecular weight is 340 g/mol. The second-order valence-electron chi connectivity index (χ2n) is 5.47. The summed E-state index contributed by atoms with van der Waals surface area (Å²) in [6.07, 6.45) is 0.645. The highest BCUT2D eigenvalue weighted by Crippen LogP contribution is 2.35. The number of Topliss-reactive ketones (excluding diaryl/α,β-unsaturated/α-hetero) is 1. The molecule has 2 aromatic rings. The number of benzene rings is 2. The number of carboxylic acids is 1. The number of carboxylic acid groups (broad SMARTS) is 1. The molecule has 0 radical (unpaired) electrons. The highest BCUT2D eigenvalue weighted by molar-refractivity contribution is 6.14. The van der Waals surface area contributed by atoms with Gasteiger partial charge in [0.2, 0.25) is 5.78 Å². The first-order valence-electron chi connectivity index (χ1n) is 7.60. The zero-order chi connectivity index (χ0) is 18.0. The lowest BCUT2D eigenvalue weighted by Crippen LogP contribution is -2.22. The lowest BCUT2D eigenvalue weighted by Gasteiger charge is -2.10. The van der Waals surface area contributed by atoms with Gasteiger partial charge in [0, 0.05) is 6.07 Å². The minimum atomic E-state index is -1.07. The maximum Gasteiger partial charge on any atom is 0.344 e. The van der Waals surface area contributed by atoms with E-state index in [-0.39, 0.29) is 11.5 Å². The van der Waals surface area contributed by atoms with E-state index >= 15 is 0 Å². The molecule has 0 spiro atoms. The largest absolute Gasteiger partial charge is 0.497 e. The van der Waals surface area contributed by atoms with Crippen molar-refractivity contribution in [3.63, 3.8) is 0 Å². The molecule has 0 bridgehead atoms. The number of rotatable bonds is 5. The molecule has 0 amide bonds. The van der Waals surface area contributed by atoms with Crippen LogP contribution in [0, 0.1) is 0 Å². The van der Waals surface area contributed by atoms with Gasteiger partial charge in [-0.2, -0.15) is 0 Å². The molecule has 6 heteroatoms. The predicted octanol–water partition coefficient (Wildman–Crippen LogP) is 3.16. The van der Waals surface area contributed by atoms with Crippen molar-refractivity contribution in [2.45, 2.75) is 13.0 Å². The number of allylic oxidation sites excluding steroid dienone is 1. The normalized spacial score (nSPS) is 15.4. The van der Waals surface area contributed by atoms with E-state index in [4.69, 9.17) is 19.3 Å². The third kappa shape index (κ3) is 3.47. The molecule has 0 aliphatic carbocycles. The van der Waals surface area contributed by atoms with Crippen molar-refractivity contribution in [3.8, 4) is 17.2 Å². The summed E-state index contributed by atoms with van der Waals surface area (Å²) < 4.78 is 16.0. The van der Waals surface area contributed by atoms with Crippen LogP contribution in [-0.2, 0) is 4.79 Å². The van der Waals surface area contributed by atoms with Gasteiger partial charge in [-0.15, -0.1) is 0 Å². The summed E-state index contributed by atoms with van der Waals surface area (Å²) in [5.74, 6) is 0.287. The Kier molecular flexibility index (Phi) is 4.43. The van der Waals surface area contributed by atoms with Gasteiger partial charge in [-0.1, -0.05) is 12.1 Å². The van der Waals surface area contributed by atoms with Crippen LogP contribution in [0.2, 0.25) is 0 Å². The van der Waals surface area contributed by atoms with E-state index in [1.807, 2.05) is 12.1 Å². The topological polar surface area (TPSA) is 82.1 Å². The quantitative estimate of drug-likeness (QED) is 0.842. The fraction of sp³-hybridized carbons (Fsp3) is 0.158. The van der Waals surface area contributed by atoms with Crippen molar-refractivity contribution >= 4 is 17.8 Å². The molecule has 2 aromatic carbocycles. The summed E-state index contributed by atoms with van der Waals surface area (Å²) in [6.45, 7) is 1.43. The van der Waals surface area contributed by atoms with Crippen molar-refractivity contribution < 1.29 is 28.9 Å². The fourth-order valence-electron chi connectivity index (χ4n) is 2.35. The van der Waals surface area contributed by atoms with E-state index in [9.17, 15) is 9.59 Å². The van der Waals surface area contributed by atoms with Gasteiger partial charge in [0.15, 0.2) is 11.9 Å². The molecule has 128 valence electrons. The predicted molar refractivity (Wildman–Crippen MR) is 90.1 cm³/mol. The van der Waals surface area contributed by atoms with E-state index in [2.05, 4.69) is 0 Å². The average Bonchev–Trinajstić information content (AvgIpc) is 2.91. The van der Waals surface area contributed by atoms with Crippen molar-refractivity contribution in [2.75, 3.05) is 7.11 Å². The van der Waals surface area contributed by atoms with Crippen LogP contribution >= 0.6 is 0 Å². The molecule has 1 aliphatic rings. The number of methoxy groups -OCH3 is 1. The van der Waals surface area contributed by atoms with Gasteiger partial charge in [0.1, 0.15) is 17.2 Å². The van der Waals surface area contributed by atoms with E-state index in [0.717, 1.165) is 11.3 Å². The summed E-state index contributed by atoms with van der Waals surface area (Å²) in [5.41, 5.74) is 1.21. The summed E-state index contributed by atoms with van der Waals surface area (Å²) in [5, 5.41) is 8.89. The first-order chi connectivity index (χ1) is 12.0. The lowest BCUT2D eigenvalue weighted by molar-refractivity contribution is -0.144. The monoisotopic (exact) mass is 340 g/mol. The highest BCUT2D eigenvalue weighted by Gasteiger charge is 2.28. The Hall–Kier alpha value is -3.28. The van der Waals surface area contributed by atoms with Crippen molar-refractivity contribution in [1.29, 1.82) is 0 Å². The van der Waals surface area contributed by atoms with Gasteiger partial charge in [-0.05, 0) is 42.8 Å². The number of hydrogen-bond acceptors (Lipinski definition) is 5. The fourth-order valence-corrected chi connectivity index (χ4v) is 2.35. The molecule has 0 unspecified atom stereocenters. The van der Waals surface area contributed by atoms with Crippen LogP contribution in [0.5, 0.6) is 17.2 Å². The first-order valence-corrected chi connectivity index (χ1v) is 7.60. The number of aliphatic carboxylic acids is 1. The Morgan fingerprint density at radius 1 is 1.16 bits per heavy atom. The van der Waals surface area contributed by atoms with Crippen LogP contribution in [-0.4, -0.2) is 30.1 Å². The SMILES string of the molecule is COc1ccc(C=C2Oc3cc(O[C@@H](C)C(=O)O)ccc3C2=O)cc1. The van der Waals surface area contributed by atoms with Gasteiger partial charge >= 0.3 is 5.97 Å². The van der Waals surface area contributed by atoms with Crippen molar-refractivity contribution in [3.05, 3.63) is 59.4 Å². The number of ether oxygens (including phenoxy) is 3. The van der Waals surface area contributed by atoms with E-state index in [1.54, 1.807) is 37.5 Å². The highest BCUT2D eigenvalue weighted by atomic mass is 16.5. The van der Waals surface area contributed by atoms with Gasteiger partial charge in [-0.25, -0.2) is 4.79 Å². The van der Waals surface area contributed by atoms with Crippen LogP contribution in [0.1, 0.15) is 22.8 Å². The maximum absolute atomic E-state index is 12.4. The van der Waals surface area contributed by atoms with Crippen molar-refractivity contribution in [1.82, 2.24) is 0 Å². The molecule has 3 rings (SSSR count). The van der Waals surface area contributed by atoms with E-state index in [1.165, 1.54) is 13.0 Å². The number of carbonyl (C=O) groups is 2. The molecule has 6 nitrogen and oxygen atoms in total. The van der Waals surface area contributed by atoms with Gasteiger partial charge in [-0.3, -0.25) is 4.79 Å². The lowest BCUT2D eigenvalue weighted by atomic mass is 10.1. The molecular weight excluding hydrogens is 324 g/mol. The van der Waals surface area contributed by atoms with E-state index < -0.39 is 12.1 Å². The molecule has 0 saturated carbocycles. The molecule has 0 saturated heterocycles. The number of ketones is 1. The molecule has 1 heterocycles. The maximum atomic E-state index is 12.4. The zero-order valence-corrected chi connectivity index (χ0v) is 13.7. The molecule has 0 fully saturated rings. The zero-order valence-electron chi connectivity index (χ0n) is 13.7. The molecule has 1 aliphatic heterocycles. The van der Waals surface area contributed by atoms with Crippen LogP contribution < -0.4 is 14.2 Å². The smallest absolute Gasteiger partial charge is 0.344 e. The van der Waals surface area contributed by atoms with Gasteiger partial charge in [0.25, 0.3) is 0 Å². The second kappa shape index (κ2) is 6.68. The Labute approximate surface area is 144 Å². The van der Waals surface area contributed by atoms with Crippen LogP contribution in [0.4, 0.5) is 0 Å². The van der Waals surface area contributed by atoms with E-state index in [0.29, 0.717) is 17.1 Å². The minimum absolute atomic E-state index is 0.198. The van der Waals surface area contributed by atoms with Crippen LogP contribution in [0.3, 0.4) is 0 Å². The molecule has 25 heavy (non-hydrogen) atoms. The first kappa shape index (κ1) is 16.6. The second-order valence-corrected chi connectivity index (χ2v) is 5.47. The third-order valence-electron chi connectivity index (χ3n) is 3.72. The summed E-state index contributed by atoms with van der Waals surface area (Å²) in [4.78, 5) is 23.3. The standard InChI is InChI=1S/C19H16O6/c1-11(19(21)22)24-14-7-8-15-16(10-14)25-17(18(15)20)9-12-3-5-13(23-2)6-4-12/h3-11H,1-2H3,(H,21,22)/t11-/m0/s1. The Bertz CT molecular complexity index is 851. The molecule has 1 N–H and O–H groups in total. The Morgan fingerprint density at radius 3 is 2.48 bits per heavy atom. The van der Waals surface area contributed by atoms with Crippen LogP contribution in [0.15, 0.2) is 48.2 Å². The molecule has 0 aromatic heterocycles. The summed E-state index contributed by atoms with van der Waals surface area (Å²) in [7, 11) is 1.58. The van der Waals surface area contributed by atoms with Crippen molar-refractivity contribution in [2.24, 2.45) is 0 Å². The number of fused-ring (bicyclic) bond motifs is 1. The minimum Gasteiger partial charge on any atom is -0.497 e. The third-order valence-corrected chi connectivity index (χ3v) is 3.72. The summed E-state index contributed by atoms with van der Waals surface area (Å²) >= 11 is 0. The Morgan fingerprint density at radius 2 is 1.84 bits per heavy atom. The van der Waals surface area contributed by atoms with Crippen LogP contribution in [0.25, 0.3) is 6.08 Å².